The molecule has 100 valence electrons. The van der Waals surface area contributed by atoms with Gasteiger partial charge < -0.3 is 9.52 Å². The van der Waals surface area contributed by atoms with Gasteiger partial charge in [-0.25, -0.2) is 4.98 Å². The number of carboxylic acids is 1. The number of nitrogens with zero attached hydrogens (tertiary/aromatic N) is 2. The molecule has 1 fully saturated rings. The highest BCUT2D eigenvalue weighted by Gasteiger charge is 2.29. The monoisotopic (exact) mass is 278 g/mol. The molecule has 0 aliphatic carbocycles. The maximum atomic E-state index is 10.6. The normalized spacial score (nSPS) is 16.4. The van der Waals surface area contributed by atoms with Gasteiger partial charge in [-0.3, -0.25) is 9.69 Å². The molecule has 3 heterocycles. The first-order valence-electron chi connectivity index (χ1n) is 6.13. The van der Waals surface area contributed by atoms with Crippen molar-refractivity contribution in [1.82, 2.24) is 9.88 Å². The molecule has 6 heteroatoms. The lowest BCUT2D eigenvalue weighted by Crippen LogP contribution is -2.46. The van der Waals surface area contributed by atoms with Crippen molar-refractivity contribution in [3.63, 3.8) is 0 Å². The number of oxazole rings is 1. The summed E-state index contributed by atoms with van der Waals surface area (Å²) in [5.74, 6) is 0.222. The van der Waals surface area contributed by atoms with Crippen LogP contribution in [-0.4, -0.2) is 34.0 Å². The molecular formula is C13H14N2O3S. The standard InChI is InChI=1S/C13H14N2O3S/c16-12(17)4-9-5-15(6-9)7-10-8-18-13(14-10)11-2-1-3-19-11/h1-3,8-9H,4-7H2,(H,16,17). The fourth-order valence-electron chi connectivity index (χ4n) is 2.30. The van der Waals surface area contributed by atoms with E-state index in [4.69, 9.17) is 9.52 Å². The topological polar surface area (TPSA) is 66.6 Å². The van der Waals surface area contributed by atoms with Crippen molar-refractivity contribution >= 4 is 17.3 Å². The summed E-state index contributed by atoms with van der Waals surface area (Å²) < 4.78 is 5.45. The lowest BCUT2D eigenvalue weighted by molar-refractivity contribution is -0.139. The average Bonchev–Trinajstić information content (AvgIpc) is 2.95. The Bertz CT molecular complexity index is 558. The van der Waals surface area contributed by atoms with Gasteiger partial charge in [0, 0.05) is 19.6 Å². The minimum absolute atomic E-state index is 0.260. The highest BCUT2D eigenvalue weighted by atomic mass is 32.1. The van der Waals surface area contributed by atoms with E-state index in [1.54, 1.807) is 17.6 Å². The van der Waals surface area contributed by atoms with E-state index in [-0.39, 0.29) is 12.3 Å². The first kappa shape index (κ1) is 12.4. The van der Waals surface area contributed by atoms with E-state index in [1.807, 2.05) is 17.5 Å². The van der Waals surface area contributed by atoms with Crippen LogP contribution in [-0.2, 0) is 11.3 Å². The average molecular weight is 278 g/mol. The Morgan fingerprint density at radius 3 is 3.11 bits per heavy atom. The molecular weight excluding hydrogens is 264 g/mol. The van der Waals surface area contributed by atoms with Crippen LogP contribution in [0.4, 0.5) is 0 Å². The maximum absolute atomic E-state index is 10.6. The smallest absolute Gasteiger partial charge is 0.303 e. The molecule has 0 saturated carbocycles. The van der Waals surface area contributed by atoms with Crippen LogP contribution in [0.5, 0.6) is 0 Å². The van der Waals surface area contributed by atoms with E-state index >= 15 is 0 Å². The molecule has 3 rings (SSSR count). The highest BCUT2D eigenvalue weighted by Crippen LogP contribution is 2.25. The number of likely N-dealkylation sites (tertiary alicyclic amines) is 1. The van der Waals surface area contributed by atoms with Crippen molar-refractivity contribution in [3.05, 3.63) is 29.5 Å². The van der Waals surface area contributed by atoms with Crippen molar-refractivity contribution in [2.45, 2.75) is 13.0 Å². The molecule has 0 aromatic carbocycles. The largest absolute Gasteiger partial charge is 0.481 e. The van der Waals surface area contributed by atoms with Crippen LogP contribution < -0.4 is 0 Å². The lowest BCUT2D eigenvalue weighted by Gasteiger charge is -2.37. The van der Waals surface area contributed by atoms with E-state index < -0.39 is 5.97 Å². The molecule has 1 saturated heterocycles. The van der Waals surface area contributed by atoms with Gasteiger partial charge in [0.2, 0.25) is 5.89 Å². The summed E-state index contributed by atoms with van der Waals surface area (Å²) in [6.45, 7) is 2.38. The molecule has 1 aliphatic heterocycles. The SMILES string of the molecule is O=C(O)CC1CN(Cc2coc(-c3cccs3)n2)C1. The number of rotatable bonds is 5. The lowest BCUT2D eigenvalue weighted by atomic mass is 9.96. The number of carboxylic acid groups (broad SMARTS) is 1. The predicted molar refractivity (Wildman–Crippen MR) is 70.8 cm³/mol. The van der Waals surface area contributed by atoms with E-state index in [9.17, 15) is 4.79 Å². The third-order valence-electron chi connectivity index (χ3n) is 3.17. The Balaban J connectivity index is 1.53. The third-order valence-corrected chi connectivity index (χ3v) is 4.02. The quantitative estimate of drug-likeness (QED) is 0.909. The van der Waals surface area contributed by atoms with Crippen LogP contribution in [0.25, 0.3) is 10.8 Å². The molecule has 0 atom stereocenters. The summed E-state index contributed by atoms with van der Waals surface area (Å²) in [6, 6.07) is 3.95. The molecule has 0 spiro atoms. The van der Waals surface area contributed by atoms with Crippen LogP contribution >= 0.6 is 11.3 Å². The number of hydrogen-bond acceptors (Lipinski definition) is 5. The van der Waals surface area contributed by atoms with Gasteiger partial charge in [-0.15, -0.1) is 11.3 Å². The Morgan fingerprint density at radius 1 is 1.58 bits per heavy atom. The fraction of sp³-hybridized carbons (Fsp3) is 0.385. The van der Waals surface area contributed by atoms with Gasteiger partial charge >= 0.3 is 5.97 Å². The number of hydrogen-bond donors (Lipinski definition) is 1. The number of carbonyl (C=O) groups is 1. The highest BCUT2D eigenvalue weighted by molar-refractivity contribution is 7.13. The zero-order chi connectivity index (χ0) is 13.2. The van der Waals surface area contributed by atoms with Crippen molar-refractivity contribution in [2.24, 2.45) is 5.92 Å². The fourth-order valence-corrected chi connectivity index (χ4v) is 2.96. The Kier molecular flexibility index (Phi) is 3.35. The van der Waals surface area contributed by atoms with Gasteiger partial charge in [0.15, 0.2) is 0 Å². The molecule has 0 bridgehead atoms. The van der Waals surface area contributed by atoms with Gasteiger partial charge in [0.05, 0.1) is 17.0 Å². The second-order valence-electron chi connectivity index (χ2n) is 4.78. The summed E-state index contributed by atoms with van der Waals surface area (Å²) in [7, 11) is 0. The van der Waals surface area contributed by atoms with Crippen LogP contribution in [0.2, 0.25) is 0 Å². The number of aliphatic carboxylic acids is 1. The summed E-state index contributed by atoms with van der Waals surface area (Å²) >= 11 is 1.60. The van der Waals surface area contributed by atoms with E-state index in [2.05, 4.69) is 9.88 Å². The Morgan fingerprint density at radius 2 is 2.42 bits per heavy atom. The second-order valence-corrected chi connectivity index (χ2v) is 5.73. The van der Waals surface area contributed by atoms with E-state index in [0.29, 0.717) is 5.89 Å². The minimum Gasteiger partial charge on any atom is -0.481 e. The molecule has 0 unspecified atom stereocenters. The second kappa shape index (κ2) is 5.14. The van der Waals surface area contributed by atoms with Gasteiger partial charge in [-0.2, -0.15) is 0 Å². The molecule has 0 radical (unpaired) electrons. The first-order valence-corrected chi connectivity index (χ1v) is 7.01. The van der Waals surface area contributed by atoms with Crippen LogP contribution in [0.15, 0.2) is 28.2 Å². The van der Waals surface area contributed by atoms with Gasteiger partial charge in [0.1, 0.15) is 6.26 Å². The molecule has 19 heavy (non-hydrogen) atoms. The molecule has 1 N–H and O–H groups in total. The molecule has 5 nitrogen and oxygen atoms in total. The molecule has 0 amide bonds. The van der Waals surface area contributed by atoms with Crippen LogP contribution in [0.3, 0.4) is 0 Å². The van der Waals surface area contributed by atoms with E-state index in [0.717, 1.165) is 30.2 Å². The zero-order valence-electron chi connectivity index (χ0n) is 10.3. The van der Waals surface area contributed by atoms with Gasteiger partial charge in [0.25, 0.3) is 0 Å². The predicted octanol–water partition coefficient (Wildman–Crippen LogP) is 2.31. The number of aromatic nitrogens is 1. The van der Waals surface area contributed by atoms with Crippen molar-refractivity contribution in [1.29, 1.82) is 0 Å². The maximum Gasteiger partial charge on any atom is 0.303 e. The summed E-state index contributed by atoms with van der Waals surface area (Å²) in [5, 5.41) is 10.7. The molecule has 2 aromatic heterocycles. The van der Waals surface area contributed by atoms with Gasteiger partial charge in [-0.05, 0) is 17.4 Å². The third kappa shape index (κ3) is 2.85. The van der Waals surface area contributed by atoms with Crippen molar-refractivity contribution in [3.8, 4) is 10.8 Å². The summed E-state index contributed by atoms with van der Waals surface area (Å²) in [4.78, 5) is 18.2. The van der Waals surface area contributed by atoms with Crippen LogP contribution in [0.1, 0.15) is 12.1 Å². The first-order chi connectivity index (χ1) is 9.20. The summed E-state index contributed by atoms with van der Waals surface area (Å²) in [5.41, 5.74) is 0.900. The number of thiophene rings is 1. The Hall–Kier alpha value is -1.66. The van der Waals surface area contributed by atoms with E-state index in [1.165, 1.54) is 0 Å². The van der Waals surface area contributed by atoms with Crippen molar-refractivity contribution < 1.29 is 14.3 Å². The zero-order valence-corrected chi connectivity index (χ0v) is 11.1. The molecule has 1 aliphatic rings. The van der Waals surface area contributed by atoms with Gasteiger partial charge in [-0.1, -0.05) is 6.07 Å². The summed E-state index contributed by atoms with van der Waals surface area (Å²) in [6.07, 6.45) is 1.94. The molecule has 2 aromatic rings. The Labute approximate surface area is 114 Å². The minimum atomic E-state index is -0.717. The van der Waals surface area contributed by atoms with Crippen molar-refractivity contribution in [2.75, 3.05) is 13.1 Å². The van der Waals surface area contributed by atoms with Crippen LogP contribution in [0, 0.1) is 5.92 Å².